The number of anilines is 1. The molecule has 4 aromatic rings. The number of hydrogen-bond donors (Lipinski definition) is 1. The molecule has 6 nitrogen and oxygen atoms in total. The first-order chi connectivity index (χ1) is 14.7. The summed E-state index contributed by atoms with van der Waals surface area (Å²) in [6, 6.07) is 23.7. The molecule has 1 heterocycles. The molecule has 4 rings (SSSR count). The fourth-order valence-corrected chi connectivity index (χ4v) is 2.99. The molecule has 3 aromatic carbocycles. The number of carbonyl (C=O) groups excluding carboxylic acids is 1. The Hall–Kier alpha value is -4.37. The van der Waals surface area contributed by atoms with Crippen molar-refractivity contribution >= 4 is 11.6 Å². The summed E-state index contributed by atoms with van der Waals surface area (Å²) in [4.78, 5) is 16.6. The number of nitrogens with zero attached hydrogens (tertiary/aromatic N) is 3. The predicted octanol–water partition coefficient (Wildman–Crippen LogP) is 4.85. The van der Waals surface area contributed by atoms with E-state index in [1.54, 1.807) is 42.9 Å². The minimum Gasteiger partial charge on any atom is -0.456 e. The van der Waals surface area contributed by atoms with Gasteiger partial charge in [-0.3, -0.25) is 4.79 Å². The van der Waals surface area contributed by atoms with Gasteiger partial charge in [-0.25, -0.2) is 4.98 Å². The summed E-state index contributed by atoms with van der Waals surface area (Å²) in [5, 5.41) is 12.3. The Morgan fingerprint density at radius 2 is 1.93 bits per heavy atom. The van der Waals surface area contributed by atoms with E-state index in [-0.39, 0.29) is 5.91 Å². The quantitative estimate of drug-likeness (QED) is 0.507. The molecule has 0 aliphatic rings. The van der Waals surface area contributed by atoms with Crippen LogP contribution in [0.3, 0.4) is 0 Å². The normalized spacial score (nSPS) is 10.2. The summed E-state index contributed by atoms with van der Waals surface area (Å²) < 4.78 is 7.90. The number of amides is 1. The first-order valence-electron chi connectivity index (χ1n) is 9.34. The summed E-state index contributed by atoms with van der Waals surface area (Å²) in [6.45, 7) is 0.613. The van der Waals surface area contributed by atoms with Gasteiger partial charge in [-0.15, -0.1) is 0 Å². The molecule has 0 unspecified atom stereocenters. The van der Waals surface area contributed by atoms with Gasteiger partial charge >= 0.3 is 0 Å². The van der Waals surface area contributed by atoms with E-state index >= 15 is 0 Å². The molecule has 0 atom stereocenters. The topological polar surface area (TPSA) is 79.9 Å². The zero-order valence-electron chi connectivity index (χ0n) is 16.0. The number of nitrogens with one attached hydrogen (secondary N) is 1. The lowest BCUT2D eigenvalue weighted by Crippen LogP contribution is -2.11. The fraction of sp³-hybridized carbons (Fsp3) is 0.0417. The van der Waals surface area contributed by atoms with Crippen molar-refractivity contribution in [2.45, 2.75) is 6.54 Å². The maximum atomic E-state index is 12.5. The second-order valence-electron chi connectivity index (χ2n) is 6.63. The van der Waals surface area contributed by atoms with Crippen molar-refractivity contribution in [2.75, 3.05) is 5.32 Å². The van der Waals surface area contributed by atoms with Crippen molar-refractivity contribution in [3.8, 4) is 17.6 Å². The van der Waals surface area contributed by atoms with Gasteiger partial charge in [0, 0.05) is 30.2 Å². The third kappa shape index (κ3) is 4.54. The van der Waals surface area contributed by atoms with Crippen LogP contribution < -0.4 is 10.1 Å². The second-order valence-corrected chi connectivity index (χ2v) is 6.63. The molecule has 0 aliphatic heterocycles. The third-order valence-corrected chi connectivity index (χ3v) is 4.45. The molecule has 0 radical (unpaired) electrons. The molecule has 0 saturated heterocycles. The summed E-state index contributed by atoms with van der Waals surface area (Å²) >= 11 is 0. The predicted molar refractivity (Wildman–Crippen MR) is 113 cm³/mol. The van der Waals surface area contributed by atoms with E-state index in [2.05, 4.69) is 16.4 Å². The Morgan fingerprint density at radius 1 is 1.07 bits per heavy atom. The molecule has 0 fully saturated rings. The van der Waals surface area contributed by atoms with Gasteiger partial charge in [-0.1, -0.05) is 30.3 Å². The van der Waals surface area contributed by atoms with Crippen LogP contribution in [0.2, 0.25) is 0 Å². The van der Waals surface area contributed by atoms with Crippen molar-refractivity contribution in [2.24, 2.45) is 0 Å². The first kappa shape index (κ1) is 19.0. The Morgan fingerprint density at radius 3 is 2.70 bits per heavy atom. The van der Waals surface area contributed by atoms with E-state index in [1.807, 2.05) is 53.2 Å². The molecule has 1 amide bonds. The zero-order chi connectivity index (χ0) is 20.8. The van der Waals surface area contributed by atoms with Crippen molar-refractivity contribution in [3.63, 3.8) is 0 Å². The number of carbonyl (C=O) groups is 1. The first-order valence-corrected chi connectivity index (χ1v) is 9.34. The molecular formula is C24H18N4O2. The highest BCUT2D eigenvalue weighted by Crippen LogP contribution is 2.27. The van der Waals surface area contributed by atoms with E-state index in [0.29, 0.717) is 34.9 Å². The molecule has 0 spiro atoms. The van der Waals surface area contributed by atoms with E-state index in [4.69, 9.17) is 4.74 Å². The van der Waals surface area contributed by atoms with Crippen molar-refractivity contribution in [3.05, 3.63) is 108 Å². The van der Waals surface area contributed by atoms with Gasteiger partial charge < -0.3 is 14.6 Å². The molecule has 0 saturated carbocycles. The summed E-state index contributed by atoms with van der Waals surface area (Å²) in [5.74, 6) is 0.684. The Kier molecular flexibility index (Phi) is 5.54. The minimum atomic E-state index is -0.235. The summed E-state index contributed by atoms with van der Waals surface area (Å²) in [6.07, 6.45) is 5.31. The van der Waals surface area contributed by atoms with Crippen molar-refractivity contribution in [1.82, 2.24) is 9.55 Å². The zero-order valence-corrected chi connectivity index (χ0v) is 16.0. The largest absolute Gasteiger partial charge is 0.456 e. The smallest absolute Gasteiger partial charge is 0.255 e. The Balaban J connectivity index is 1.54. The number of hydrogen-bond acceptors (Lipinski definition) is 4. The maximum Gasteiger partial charge on any atom is 0.255 e. The number of aromatic nitrogens is 2. The standard InChI is InChI=1S/C24H18N4O2/c25-15-20-10-9-18(16-28-12-11-26-17-28)13-23(20)30-22-8-4-5-19(14-22)24(29)27-21-6-2-1-3-7-21/h1-14,17H,16H2,(H,27,29). The lowest BCUT2D eigenvalue weighted by atomic mass is 10.1. The van der Waals surface area contributed by atoms with Gasteiger partial charge in [-0.05, 0) is 48.0 Å². The second kappa shape index (κ2) is 8.76. The fourth-order valence-electron chi connectivity index (χ4n) is 2.99. The minimum absolute atomic E-state index is 0.235. The van der Waals surface area contributed by atoms with Crippen LogP contribution in [0.4, 0.5) is 5.69 Å². The van der Waals surface area contributed by atoms with Gasteiger partial charge in [0.15, 0.2) is 0 Å². The van der Waals surface area contributed by atoms with Crippen LogP contribution >= 0.6 is 0 Å². The van der Waals surface area contributed by atoms with Crippen LogP contribution in [-0.2, 0) is 6.54 Å². The monoisotopic (exact) mass is 394 g/mol. The molecular weight excluding hydrogens is 376 g/mol. The van der Waals surface area contributed by atoms with Gasteiger partial charge in [0.1, 0.15) is 17.6 Å². The van der Waals surface area contributed by atoms with E-state index in [1.165, 1.54) is 0 Å². The third-order valence-electron chi connectivity index (χ3n) is 4.45. The van der Waals surface area contributed by atoms with Crippen LogP contribution in [0.25, 0.3) is 0 Å². The van der Waals surface area contributed by atoms with Crippen LogP contribution in [-0.4, -0.2) is 15.5 Å². The van der Waals surface area contributed by atoms with Crippen LogP contribution in [0.15, 0.2) is 91.5 Å². The Labute approximate surface area is 174 Å². The van der Waals surface area contributed by atoms with Crippen LogP contribution in [0.1, 0.15) is 21.5 Å². The lowest BCUT2D eigenvalue weighted by molar-refractivity contribution is 0.102. The van der Waals surface area contributed by atoms with Crippen molar-refractivity contribution in [1.29, 1.82) is 5.26 Å². The number of benzene rings is 3. The van der Waals surface area contributed by atoms with Crippen molar-refractivity contribution < 1.29 is 9.53 Å². The van der Waals surface area contributed by atoms with Gasteiger partial charge in [0.2, 0.25) is 0 Å². The van der Waals surface area contributed by atoms with Gasteiger partial charge in [-0.2, -0.15) is 5.26 Å². The molecule has 1 N–H and O–H groups in total. The van der Waals surface area contributed by atoms with Gasteiger partial charge in [0.25, 0.3) is 5.91 Å². The molecule has 30 heavy (non-hydrogen) atoms. The highest BCUT2D eigenvalue weighted by molar-refractivity contribution is 6.04. The average Bonchev–Trinajstić information content (AvgIpc) is 3.28. The number of rotatable bonds is 6. The number of imidazole rings is 1. The van der Waals surface area contributed by atoms with E-state index in [9.17, 15) is 10.1 Å². The summed E-state index contributed by atoms with van der Waals surface area (Å²) in [7, 11) is 0. The lowest BCUT2D eigenvalue weighted by Gasteiger charge is -2.11. The highest BCUT2D eigenvalue weighted by atomic mass is 16.5. The summed E-state index contributed by atoms with van der Waals surface area (Å²) in [5.41, 5.74) is 2.57. The van der Waals surface area contributed by atoms with Gasteiger partial charge in [0.05, 0.1) is 11.9 Å². The molecule has 0 bridgehead atoms. The maximum absolute atomic E-state index is 12.5. The number of para-hydroxylation sites is 1. The SMILES string of the molecule is N#Cc1ccc(Cn2ccnc2)cc1Oc1cccc(C(=O)Nc2ccccc2)c1. The number of nitriles is 1. The van der Waals surface area contributed by atoms with E-state index < -0.39 is 0 Å². The average molecular weight is 394 g/mol. The molecule has 146 valence electrons. The van der Waals surface area contributed by atoms with E-state index in [0.717, 1.165) is 5.56 Å². The number of ether oxygens (including phenoxy) is 1. The Bertz CT molecular complexity index is 1200. The molecule has 1 aromatic heterocycles. The molecule has 6 heteroatoms. The molecule has 0 aliphatic carbocycles. The van der Waals surface area contributed by atoms with Crippen LogP contribution in [0.5, 0.6) is 11.5 Å². The van der Waals surface area contributed by atoms with Crippen LogP contribution in [0, 0.1) is 11.3 Å². The highest BCUT2D eigenvalue weighted by Gasteiger charge is 2.10.